The van der Waals surface area contributed by atoms with Crippen molar-refractivity contribution in [1.82, 2.24) is 14.8 Å². The molecule has 0 saturated heterocycles. The third kappa shape index (κ3) is 3.98. The third-order valence-corrected chi connectivity index (χ3v) is 5.30. The molecule has 1 aromatic heterocycles. The number of nitrogens with one attached hydrogen (secondary N) is 2. The Bertz CT molecular complexity index is 1300. The Balaban J connectivity index is 1.99. The molecule has 32 heavy (non-hydrogen) atoms. The largest absolute Gasteiger partial charge is 0.495 e. The van der Waals surface area contributed by atoms with E-state index in [4.69, 9.17) is 10.5 Å². The van der Waals surface area contributed by atoms with E-state index in [0.717, 1.165) is 24.5 Å². The van der Waals surface area contributed by atoms with Crippen LogP contribution in [0.2, 0.25) is 0 Å². The van der Waals surface area contributed by atoms with Gasteiger partial charge in [-0.05, 0) is 18.2 Å². The predicted molar refractivity (Wildman–Crippen MR) is 98.9 cm³/mol. The number of amides is 1. The van der Waals surface area contributed by atoms with Crippen molar-refractivity contribution in [3.63, 3.8) is 0 Å². The van der Waals surface area contributed by atoms with Gasteiger partial charge >= 0.3 is 6.03 Å². The molecule has 16 heteroatoms. The highest BCUT2D eigenvalue weighted by Crippen LogP contribution is 2.31. The highest BCUT2D eigenvalue weighted by atomic mass is 32.2. The zero-order valence-corrected chi connectivity index (χ0v) is 16.5. The Kier molecular flexibility index (Phi) is 5.89. The van der Waals surface area contributed by atoms with Crippen LogP contribution in [-0.4, -0.2) is 36.3 Å². The fourth-order valence-corrected chi connectivity index (χ4v) is 3.66. The van der Waals surface area contributed by atoms with Gasteiger partial charge in [0, 0.05) is 0 Å². The minimum absolute atomic E-state index is 0.0104. The number of hydrogen-bond donors (Lipinski definition) is 3. The average Bonchev–Trinajstić information content (AvgIpc) is 3.16. The molecule has 1 heterocycles. The van der Waals surface area contributed by atoms with Crippen LogP contribution in [0.25, 0.3) is 0 Å². The number of hydrogen-bond acceptors (Lipinski definition) is 7. The molecular formula is C16H11F5N6O4S. The number of ether oxygens (including phenoxy) is 1. The number of halogens is 5. The quantitative estimate of drug-likeness (QED) is 0.291. The van der Waals surface area contributed by atoms with Crippen LogP contribution in [0, 0.1) is 29.1 Å². The summed E-state index contributed by atoms with van der Waals surface area (Å²) in [5.74, 6) is -12.7. The monoisotopic (exact) mass is 478 g/mol. The lowest BCUT2D eigenvalue weighted by atomic mass is 10.2. The molecule has 3 rings (SSSR count). The lowest BCUT2D eigenvalue weighted by molar-refractivity contribution is 0.251. The second-order valence-electron chi connectivity index (χ2n) is 5.88. The summed E-state index contributed by atoms with van der Waals surface area (Å²) in [6, 6.07) is 2.21. The van der Waals surface area contributed by atoms with Gasteiger partial charge in [-0.2, -0.15) is 4.98 Å². The topological polar surface area (TPSA) is 141 Å². The summed E-state index contributed by atoms with van der Waals surface area (Å²) in [4.78, 5) is 13.7. The summed E-state index contributed by atoms with van der Waals surface area (Å²) in [5.41, 5.74) is 4.87. The standard InChI is InChI=1S/C16H11F5N6O4S/c1-31-8-3-2-6(4-7(8)25-16(28)27-15(22)23-5-24-27)26-32(29,30)14-12(20)10(18)9(17)11(19)13(14)21/h2-5,26H,1H3,(H,25,28)(H2,22,23,24). The lowest BCUT2D eigenvalue weighted by Gasteiger charge is -2.14. The number of nitrogen functional groups attached to an aromatic ring is 1. The molecule has 0 bridgehead atoms. The normalized spacial score (nSPS) is 11.3. The number of nitrogens with two attached hydrogens (primary N) is 1. The second-order valence-corrected chi connectivity index (χ2v) is 7.50. The van der Waals surface area contributed by atoms with E-state index < -0.39 is 55.7 Å². The van der Waals surface area contributed by atoms with Crippen LogP contribution < -0.4 is 20.5 Å². The molecule has 0 aliphatic heterocycles. The Morgan fingerprint density at radius 1 is 1.06 bits per heavy atom. The Labute approximate surface area is 175 Å². The van der Waals surface area contributed by atoms with Crippen LogP contribution in [0.4, 0.5) is 44.1 Å². The Hall–Kier alpha value is -3.95. The number of rotatable bonds is 5. The zero-order valence-electron chi connectivity index (χ0n) is 15.7. The molecular weight excluding hydrogens is 467 g/mol. The van der Waals surface area contributed by atoms with Crippen molar-refractivity contribution in [2.24, 2.45) is 0 Å². The van der Waals surface area contributed by atoms with Gasteiger partial charge in [-0.1, -0.05) is 0 Å². The SMILES string of the molecule is COc1ccc(NS(=O)(=O)c2c(F)c(F)c(F)c(F)c2F)cc1NC(=O)n1ncnc1N. The summed E-state index contributed by atoms with van der Waals surface area (Å²) < 4.78 is 99.9. The number of methoxy groups -OCH3 is 1. The minimum atomic E-state index is -5.30. The molecule has 2 aromatic carbocycles. The van der Waals surface area contributed by atoms with E-state index in [2.05, 4.69) is 15.4 Å². The van der Waals surface area contributed by atoms with E-state index in [9.17, 15) is 35.2 Å². The van der Waals surface area contributed by atoms with Crippen molar-refractivity contribution in [3.8, 4) is 5.75 Å². The van der Waals surface area contributed by atoms with Gasteiger partial charge in [0.25, 0.3) is 10.0 Å². The van der Waals surface area contributed by atoms with Crippen LogP contribution >= 0.6 is 0 Å². The number of sulfonamides is 1. The zero-order chi connectivity index (χ0) is 23.8. The summed E-state index contributed by atoms with van der Waals surface area (Å²) in [6.45, 7) is 0. The maximum Gasteiger partial charge on any atom is 0.349 e. The third-order valence-electron chi connectivity index (χ3n) is 3.90. The van der Waals surface area contributed by atoms with E-state index in [1.807, 2.05) is 0 Å². The molecule has 0 aliphatic rings. The van der Waals surface area contributed by atoms with Crippen molar-refractivity contribution in [2.45, 2.75) is 4.90 Å². The van der Waals surface area contributed by atoms with Gasteiger partial charge < -0.3 is 15.8 Å². The number of aromatic nitrogens is 3. The van der Waals surface area contributed by atoms with Gasteiger partial charge in [0.15, 0.2) is 28.2 Å². The van der Waals surface area contributed by atoms with Crippen LogP contribution in [0.3, 0.4) is 0 Å². The predicted octanol–water partition coefficient (Wildman–Crippen LogP) is 2.45. The molecule has 0 spiro atoms. The lowest BCUT2D eigenvalue weighted by Crippen LogP contribution is -2.23. The molecule has 0 saturated carbocycles. The number of carbonyl (C=O) groups is 1. The number of anilines is 3. The molecule has 4 N–H and O–H groups in total. The maximum atomic E-state index is 13.9. The molecule has 3 aromatic rings. The summed E-state index contributed by atoms with van der Waals surface area (Å²) in [6.07, 6.45) is 0.987. The van der Waals surface area contributed by atoms with Crippen LogP contribution in [0.15, 0.2) is 29.4 Å². The van der Waals surface area contributed by atoms with Crippen molar-refractivity contribution in [2.75, 3.05) is 22.9 Å². The Morgan fingerprint density at radius 3 is 2.19 bits per heavy atom. The van der Waals surface area contributed by atoms with E-state index in [-0.39, 0.29) is 17.4 Å². The fraction of sp³-hybridized carbons (Fsp3) is 0.0625. The van der Waals surface area contributed by atoms with E-state index in [1.165, 1.54) is 7.11 Å². The number of nitrogens with zero attached hydrogens (tertiary/aromatic N) is 3. The maximum absolute atomic E-state index is 13.9. The van der Waals surface area contributed by atoms with Gasteiger partial charge in [0.1, 0.15) is 12.1 Å². The van der Waals surface area contributed by atoms with Crippen molar-refractivity contribution >= 4 is 33.4 Å². The van der Waals surface area contributed by atoms with E-state index >= 15 is 0 Å². The molecule has 0 radical (unpaired) electrons. The van der Waals surface area contributed by atoms with E-state index in [1.54, 1.807) is 4.72 Å². The highest BCUT2D eigenvalue weighted by Gasteiger charge is 2.33. The highest BCUT2D eigenvalue weighted by molar-refractivity contribution is 7.92. The molecule has 1 amide bonds. The summed E-state index contributed by atoms with van der Waals surface area (Å²) >= 11 is 0. The average molecular weight is 478 g/mol. The molecule has 170 valence electrons. The number of benzene rings is 2. The first-order valence-electron chi connectivity index (χ1n) is 8.17. The summed E-state index contributed by atoms with van der Waals surface area (Å²) in [5, 5.41) is 5.85. The van der Waals surface area contributed by atoms with Gasteiger partial charge in [0.2, 0.25) is 11.8 Å². The smallest absolute Gasteiger partial charge is 0.349 e. The van der Waals surface area contributed by atoms with Crippen molar-refractivity contribution < 1.29 is 39.9 Å². The van der Waals surface area contributed by atoms with Gasteiger partial charge in [-0.3, -0.25) is 4.72 Å². The van der Waals surface area contributed by atoms with E-state index in [0.29, 0.717) is 4.68 Å². The fourth-order valence-electron chi connectivity index (χ4n) is 2.47. The molecule has 0 atom stereocenters. The molecule has 10 nitrogen and oxygen atoms in total. The van der Waals surface area contributed by atoms with Gasteiger partial charge in [0.05, 0.1) is 18.5 Å². The van der Waals surface area contributed by atoms with Gasteiger partial charge in [-0.15, -0.1) is 9.78 Å². The Morgan fingerprint density at radius 2 is 1.66 bits per heavy atom. The molecule has 0 fully saturated rings. The molecule has 0 aliphatic carbocycles. The van der Waals surface area contributed by atoms with Crippen molar-refractivity contribution in [1.29, 1.82) is 0 Å². The first kappa shape index (κ1) is 22.7. The van der Waals surface area contributed by atoms with Crippen LogP contribution in [0.5, 0.6) is 5.75 Å². The van der Waals surface area contributed by atoms with Gasteiger partial charge in [-0.25, -0.2) is 35.2 Å². The van der Waals surface area contributed by atoms with Crippen molar-refractivity contribution in [3.05, 3.63) is 53.6 Å². The first-order chi connectivity index (χ1) is 15.0. The second kappa shape index (κ2) is 8.29. The van der Waals surface area contributed by atoms with Crippen LogP contribution in [-0.2, 0) is 10.0 Å². The first-order valence-corrected chi connectivity index (χ1v) is 9.65. The minimum Gasteiger partial charge on any atom is -0.495 e. The van der Waals surface area contributed by atoms with Crippen LogP contribution in [0.1, 0.15) is 0 Å². The summed E-state index contributed by atoms with van der Waals surface area (Å²) in [7, 11) is -4.08. The molecule has 0 unspecified atom stereocenters. The number of carbonyl (C=O) groups excluding carboxylic acids is 1.